The first kappa shape index (κ1) is 27.0. The van der Waals surface area contributed by atoms with Crippen LogP contribution in [0.4, 0.5) is 11.4 Å². The van der Waals surface area contributed by atoms with Crippen LogP contribution in [0.15, 0.2) is 77.7 Å². The van der Waals surface area contributed by atoms with Gasteiger partial charge in [0.05, 0.1) is 16.6 Å². The fraction of sp³-hybridized carbons (Fsp3) is 0.345. The van der Waals surface area contributed by atoms with Crippen molar-refractivity contribution in [3.63, 3.8) is 0 Å². The van der Waals surface area contributed by atoms with Crippen molar-refractivity contribution in [3.05, 3.63) is 88.9 Å². The molecule has 0 aliphatic carbocycles. The Labute approximate surface area is 225 Å². The van der Waals surface area contributed by atoms with Gasteiger partial charge in [0.15, 0.2) is 0 Å². The summed E-state index contributed by atoms with van der Waals surface area (Å²) >= 11 is 5.96. The van der Waals surface area contributed by atoms with E-state index in [1.807, 2.05) is 38.1 Å². The summed E-state index contributed by atoms with van der Waals surface area (Å²) in [6, 6.07) is 21.0. The number of halogens is 1. The lowest BCUT2D eigenvalue weighted by Crippen LogP contribution is -2.41. The molecule has 1 heterocycles. The van der Waals surface area contributed by atoms with Crippen molar-refractivity contribution in [2.75, 3.05) is 28.8 Å². The number of carbonyl (C=O) groups excluding carboxylic acids is 1. The second-order valence-electron chi connectivity index (χ2n) is 9.88. The molecule has 0 radical (unpaired) electrons. The summed E-state index contributed by atoms with van der Waals surface area (Å²) in [5.74, 6) is 0.298. The molecule has 0 bridgehead atoms. The summed E-state index contributed by atoms with van der Waals surface area (Å²) in [5, 5.41) is 3.40. The third-order valence-electron chi connectivity index (χ3n) is 6.80. The number of nitrogens with zero attached hydrogens (tertiary/aromatic N) is 2. The molecule has 4 rings (SSSR count). The molecule has 1 N–H and O–H groups in total. The molecule has 1 aliphatic heterocycles. The first-order valence-electron chi connectivity index (χ1n) is 12.6. The van der Waals surface area contributed by atoms with E-state index < -0.39 is 10.0 Å². The summed E-state index contributed by atoms with van der Waals surface area (Å²) in [6.07, 6.45) is 2.47. The van der Waals surface area contributed by atoms with E-state index in [9.17, 15) is 13.2 Å². The van der Waals surface area contributed by atoms with Crippen molar-refractivity contribution in [2.24, 2.45) is 5.92 Å². The number of anilines is 2. The summed E-state index contributed by atoms with van der Waals surface area (Å²) < 4.78 is 28.2. The van der Waals surface area contributed by atoms with E-state index in [4.69, 9.17) is 11.6 Å². The predicted octanol–water partition coefficient (Wildman–Crippen LogP) is 5.96. The molecule has 2 unspecified atom stereocenters. The van der Waals surface area contributed by atoms with Crippen molar-refractivity contribution < 1.29 is 13.2 Å². The van der Waals surface area contributed by atoms with E-state index in [2.05, 4.69) is 29.3 Å². The monoisotopic (exact) mass is 539 g/mol. The molecule has 0 saturated carbocycles. The molecule has 1 amide bonds. The maximum atomic E-state index is 13.5. The molecule has 1 aliphatic rings. The maximum Gasteiger partial charge on any atom is 0.264 e. The molecule has 3 aromatic carbocycles. The molecule has 1 saturated heterocycles. The zero-order valence-corrected chi connectivity index (χ0v) is 23.1. The van der Waals surface area contributed by atoms with E-state index in [0.29, 0.717) is 16.6 Å². The number of benzene rings is 3. The normalized spacial score (nSPS) is 16.8. The number of carbonyl (C=O) groups is 1. The number of aryl methyl sites for hydroxylation is 1. The van der Waals surface area contributed by atoms with Crippen LogP contribution < -0.4 is 14.5 Å². The average Bonchev–Trinajstić information content (AvgIpc) is 2.88. The van der Waals surface area contributed by atoms with Crippen LogP contribution in [0.5, 0.6) is 0 Å². The van der Waals surface area contributed by atoms with Gasteiger partial charge < -0.3 is 10.2 Å². The van der Waals surface area contributed by atoms with Gasteiger partial charge in [0.2, 0.25) is 5.91 Å². The van der Waals surface area contributed by atoms with Crippen molar-refractivity contribution in [2.45, 2.75) is 44.6 Å². The highest BCUT2D eigenvalue weighted by Gasteiger charge is 2.28. The summed E-state index contributed by atoms with van der Waals surface area (Å²) in [4.78, 5) is 15.6. The fourth-order valence-corrected chi connectivity index (χ4v) is 6.21. The number of nitrogens with one attached hydrogen (secondary N) is 1. The van der Waals surface area contributed by atoms with E-state index in [1.165, 1.54) is 42.8 Å². The Hall–Kier alpha value is -3.03. The molecular weight excluding hydrogens is 506 g/mol. The molecule has 3 aromatic rings. The van der Waals surface area contributed by atoms with Gasteiger partial charge in [-0.25, -0.2) is 8.42 Å². The zero-order chi connectivity index (χ0) is 26.6. The van der Waals surface area contributed by atoms with Gasteiger partial charge in [-0.05, 0) is 86.7 Å². The van der Waals surface area contributed by atoms with Gasteiger partial charge in [0, 0.05) is 23.8 Å². The molecule has 0 aromatic heterocycles. The summed E-state index contributed by atoms with van der Waals surface area (Å²) in [7, 11) is -3.99. The largest absolute Gasteiger partial charge is 0.371 e. The highest BCUT2D eigenvalue weighted by molar-refractivity contribution is 7.92. The van der Waals surface area contributed by atoms with Crippen LogP contribution in [0.2, 0.25) is 5.02 Å². The van der Waals surface area contributed by atoms with E-state index in [0.717, 1.165) is 28.5 Å². The van der Waals surface area contributed by atoms with Crippen molar-refractivity contribution in [1.29, 1.82) is 0 Å². The summed E-state index contributed by atoms with van der Waals surface area (Å²) in [6.45, 7) is 7.88. The molecule has 1 fully saturated rings. The third-order valence-corrected chi connectivity index (χ3v) is 8.84. The molecule has 37 heavy (non-hydrogen) atoms. The Bertz CT molecular complexity index is 1310. The number of piperidine rings is 1. The van der Waals surface area contributed by atoms with Gasteiger partial charge in [0.1, 0.15) is 6.54 Å². The second kappa shape index (κ2) is 11.6. The lowest BCUT2D eigenvalue weighted by Gasteiger charge is -2.33. The molecular formula is C29H34ClN3O3S. The third kappa shape index (κ3) is 6.65. The van der Waals surface area contributed by atoms with Crippen molar-refractivity contribution >= 4 is 38.9 Å². The number of hydrogen-bond acceptors (Lipinski definition) is 4. The van der Waals surface area contributed by atoms with Gasteiger partial charge in [-0.3, -0.25) is 9.10 Å². The Balaban J connectivity index is 1.49. The number of hydrogen-bond donors (Lipinski definition) is 1. The standard InChI is InChI=1S/C29H34ClN3O3S/c1-21-6-12-27(13-7-21)33(37(35,36)28-16-10-25(30)11-17-28)20-29(34)31-23(3)24-8-14-26(15-9-24)32-18-4-5-22(2)19-32/h6-17,22-23H,4-5,18-20H2,1-3H3,(H,31,34). The minimum atomic E-state index is -3.99. The lowest BCUT2D eigenvalue weighted by molar-refractivity contribution is -0.120. The van der Waals surface area contributed by atoms with Crippen LogP contribution in [0, 0.1) is 12.8 Å². The Morgan fingerprint density at radius 3 is 2.32 bits per heavy atom. The van der Waals surface area contributed by atoms with Crippen LogP contribution in [-0.4, -0.2) is 34.0 Å². The number of amides is 1. The van der Waals surface area contributed by atoms with Crippen molar-refractivity contribution in [3.8, 4) is 0 Å². The van der Waals surface area contributed by atoms with Gasteiger partial charge >= 0.3 is 0 Å². The first-order valence-corrected chi connectivity index (χ1v) is 14.4. The smallest absolute Gasteiger partial charge is 0.264 e. The number of sulfonamides is 1. The lowest BCUT2D eigenvalue weighted by atomic mass is 9.99. The predicted molar refractivity (Wildman–Crippen MR) is 151 cm³/mol. The van der Waals surface area contributed by atoms with E-state index in [1.54, 1.807) is 12.1 Å². The van der Waals surface area contributed by atoms with Crippen LogP contribution in [0.25, 0.3) is 0 Å². The first-order chi connectivity index (χ1) is 17.6. The molecule has 8 heteroatoms. The summed E-state index contributed by atoms with van der Waals surface area (Å²) in [5.41, 5.74) is 3.56. The highest BCUT2D eigenvalue weighted by atomic mass is 35.5. The van der Waals surface area contributed by atoms with Crippen LogP contribution in [0.1, 0.15) is 43.9 Å². The van der Waals surface area contributed by atoms with Gasteiger partial charge in [-0.15, -0.1) is 0 Å². The minimum Gasteiger partial charge on any atom is -0.371 e. The Morgan fingerprint density at radius 2 is 1.70 bits per heavy atom. The van der Waals surface area contributed by atoms with E-state index in [-0.39, 0.29) is 23.4 Å². The maximum absolute atomic E-state index is 13.5. The van der Waals surface area contributed by atoms with Gasteiger partial charge in [-0.1, -0.05) is 48.4 Å². The average molecular weight is 540 g/mol. The molecule has 0 spiro atoms. The molecule has 2 atom stereocenters. The number of rotatable bonds is 8. The van der Waals surface area contributed by atoms with Crippen LogP contribution >= 0.6 is 11.6 Å². The molecule has 196 valence electrons. The Kier molecular flexibility index (Phi) is 8.45. The fourth-order valence-electron chi connectivity index (χ4n) is 4.66. The van der Waals surface area contributed by atoms with Crippen LogP contribution in [0.3, 0.4) is 0 Å². The zero-order valence-electron chi connectivity index (χ0n) is 21.5. The van der Waals surface area contributed by atoms with Crippen molar-refractivity contribution in [1.82, 2.24) is 5.32 Å². The SMILES string of the molecule is Cc1ccc(N(CC(=O)NC(C)c2ccc(N3CCCC(C)C3)cc2)S(=O)(=O)c2ccc(Cl)cc2)cc1. The van der Waals surface area contributed by atoms with Gasteiger partial charge in [-0.2, -0.15) is 0 Å². The highest BCUT2D eigenvalue weighted by Crippen LogP contribution is 2.27. The second-order valence-corrected chi connectivity index (χ2v) is 12.2. The Morgan fingerprint density at radius 1 is 1.05 bits per heavy atom. The van der Waals surface area contributed by atoms with Gasteiger partial charge in [0.25, 0.3) is 10.0 Å². The van der Waals surface area contributed by atoms with E-state index >= 15 is 0 Å². The quantitative estimate of drug-likeness (QED) is 0.383. The van der Waals surface area contributed by atoms with Crippen LogP contribution in [-0.2, 0) is 14.8 Å². The topological polar surface area (TPSA) is 69.7 Å². The molecule has 6 nitrogen and oxygen atoms in total. The minimum absolute atomic E-state index is 0.0703.